The molecule has 38 heavy (non-hydrogen) atoms. The lowest BCUT2D eigenvalue weighted by Gasteiger charge is -2.08. The van der Waals surface area contributed by atoms with Crippen LogP contribution in [0.3, 0.4) is 0 Å². The van der Waals surface area contributed by atoms with Gasteiger partial charge in [-0.05, 0) is 58.1 Å². The molecule has 0 aliphatic carbocycles. The van der Waals surface area contributed by atoms with Gasteiger partial charge in [0.2, 0.25) is 0 Å². The van der Waals surface area contributed by atoms with Gasteiger partial charge in [-0.15, -0.1) is 11.3 Å². The lowest BCUT2D eigenvalue weighted by atomic mass is 9.96. The molecule has 2 heterocycles. The molecule has 0 saturated heterocycles. The number of benzene rings is 6. The van der Waals surface area contributed by atoms with E-state index in [1.807, 2.05) is 11.3 Å². The van der Waals surface area contributed by atoms with Crippen molar-refractivity contribution in [1.82, 2.24) is 4.98 Å². The Bertz CT molecular complexity index is 2130. The van der Waals surface area contributed by atoms with E-state index in [1.165, 1.54) is 75.4 Å². The second kappa shape index (κ2) is 8.44. The van der Waals surface area contributed by atoms with Gasteiger partial charge in [0, 0.05) is 42.0 Å². The van der Waals surface area contributed by atoms with Crippen molar-refractivity contribution in [3.63, 3.8) is 0 Å². The smallest absolute Gasteiger partial charge is 0.0544 e. The third-order valence-electron chi connectivity index (χ3n) is 7.63. The van der Waals surface area contributed by atoms with Gasteiger partial charge in [0.1, 0.15) is 0 Å². The van der Waals surface area contributed by atoms with E-state index in [2.05, 4.69) is 138 Å². The van der Waals surface area contributed by atoms with Crippen LogP contribution in [0.5, 0.6) is 0 Å². The molecule has 0 aliphatic rings. The number of hydrogen-bond donors (Lipinski definition) is 1. The molecule has 0 radical (unpaired) electrons. The monoisotopic (exact) mass is 501 g/mol. The van der Waals surface area contributed by atoms with E-state index in [0.29, 0.717) is 0 Å². The van der Waals surface area contributed by atoms with Crippen molar-refractivity contribution < 1.29 is 0 Å². The molecule has 1 N–H and O–H groups in total. The molecule has 0 atom stereocenters. The Morgan fingerprint density at radius 2 is 1.08 bits per heavy atom. The van der Waals surface area contributed by atoms with Crippen LogP contribution in [0, 0.1) is 0 Å². The predicted octanol–water partition coefficient (Wildman–Crippen LogP) is 10.7. The summed E-state index contributed by atoms with van der Waals surface area (Å²) in [6.45, 7) is 0. The fourth-order valence-corrected chi connectivity index (χ4v) is 6.89. The average Bonchev–Trinajstić information content (AvgIpc) is 3.55. The molecule has 0 aliphatic heterocycles. The Balaban J connectivity index is 1.25. The van der Waals surface area contributed by atoms with E-state index in [9.17, 15) is 0 Å². The minimum atomic E-state index is 1.17. The molecule has 6 aromatic carbocycles. The maximum absolute atomic E-state index is 3.72. The molecule has 178 valence electrons. The normalized spacial score (nSPS) is 11.7. The van der Waals surface area contributed by atoms with E-state index in [1.54, 1.807) is 0 Å². The van der Waals surface area contributed by atoms with Crippen molar-refractivity contribution in [2.75, 3.05) is 0 Å². The average molecular weight is 502 g/mol. The first-order valence-electron chi connectivity index (χ1n) is 12.9. The number of fused-ring (bicyclic) bond motifs is 6. The summed E-state index contributed by atoms with van der Waals surface area (Å²) < 4.78 is 2.68. The standard InChI is InChI=1S/C36H23NS/c1-2-8-23(9-3-1)25-17-19-33-32(21-25)31-14-7-13-28(36(31)37-33)27-11-6-10-24(20-27)26-16-18-30-29-12-4-5-15-34(29)38-35(30)22-26/h1-22,37H. The Kier molecular flexibility index (Phi) is 4.76. The van der Waals surface area contributed by atoms with Gasteiger partial charge in [-0.2, -0.15) is 0 Å². The lowest BCUT2D eigenvalue weighted by Crippen LogP contribution is -1.83. The Morgan fingerprint density at radius 3 is 2.03 bits per heavy atom. The maximum atomic E-state index is 3.72. The molecular formula is C36H23NS. The summed E-state index contributed by atoms with van der Waals surface area (Å²) in [6.07, 6.45) is 0. The zero-order valence-corrected chi connectivity index (χ0v) is 21.4. The fraction of sp³-hybridized carbons (Fsp3) is 0. The maximum Gasteiger partial charge on any atom is 0.0544 e. The van der Waals surface area contributed by atoms with Crippen molar-refractivity contribution in [1.29, 1.82) is 0 Å². The van der Waals surface area contributed by atoms with Crippen LogP contribution in [0.2, 0.25) is 0 Å². The van der Waals surface area contributed by atoms with Crippen LogP contribution in [-0.2, 0) is 0 Å². The van der Waals surface area contributed by atoms with Crippen LogP contribution in [0.4, 0.5) is 0 Å². The number of aromatic amines is 1. The van der Waals surface area contributed by atoms with Crippen LogP contribution in [0.25, 0.3) is 75.4 Å². The highest BCUT2D eigenvalue weighted by Gasteiger charge is 2.12. The number of thiophene rings is 1. The zero-order chi connectivity index (χ0) is 25.1. The quantitative estimate of drug-likeness (QED) is 0.248. The van der Waals surface area contributed by atoms with Crippen molar-refractivity contribution in [3.05, 3.63) is 133 Å². The van der Waals surface area contributed by atoms with Gasteiger partial charge in [-0.25, -0.2) is 0 Å². The summed E-state index contributed by atoms with van der Waals surface area (Å²) in [5.74, 6) is 0. The van der Waals surface area contributed by atoms with Crippen LogP contribution >= 0.6 is 11.3 Å². The highest BCUT2D eigenvalue weighted by atomic mass is 32.1. The van der Waals surface area contributed by atoms with E-state index < -0.39 is 0 Å². The minimum Gasteiger partial charge on any atom is -0.354 e. The molecule has 0 bridgehead atoms. The summed E-state index contributed by atoms with van der Waals surface area (Å²) in [6, 6.07) is 48.4. The van der Waals surface area contributed by atoms with Crippen molar-refractivity contribution in [2.24, 2.45) is 0 Å². The van der Waals surface area contributed by atoms with E-state index in [-0.39, 0.29) is 0 Å². The minimum absolute atomic E-state index is 1.17. The van der Waals surface area contributed by atoms with Gasteiger partial charge in [0.25, 0.3) is 0 Å². The molecule has 1 nitrogen and oxygen atoms in total. The molecule has 0 saturated carbocycles. The fourth-order valence-electron chi connectivity index (χ4n) is 5.74. The second-order valence-electron chi connectivity index (χ2n) is 9.87. The van der Waals surface area contributed by atoms with Gasteiger partial charge >= 0.3 is 0 Å². The summed E-state index contributed by atoms with van der Waals surface area (Å²) in [5.41, 5.74) is 9.77. The van der Waals surface area contributed by atoms with Crippen LogP contribution in [-0.4, -0.2) is 4.98 Å². The number of nitrogens with one attached hydrogen (secondary N) is 1. The molecule has 8 aromatic rings. The molecule has 2 aromatic heterocycles. The number of H-pyrrole nitrogens is 1. The van der Waals surface area contributed by atoms with Crippen LogP contribution < -0.4 is 0 Å². The van der Waals surface area contributed by atoms with Gasteiger partial charge < -0.3 is 4.98 Å². The SMILES string of the molecule is c1ccc(-c2ccc3[nH]c4c(-c5cccc(-c6ccc7c(c6)sc6ccccc67)c5)cccc4c3c2)cc1. The third-order valence-corrected chi connectivity index (χ3v) is 8.76. The predicted molar refractivity (Wildman–Crippen MR) is 165 cm³/mol. The Morgan fingerprint density at radius 1 is 0.395 bits per heavy atom. The van der Waals surface area contributed by atoms with Gasteiger partial charge in [-0.1, -0.05) is 103 Å². The Labute approximate surface area is 224 Å². The van der Waals surface area contributed by atoms with E-state index in [0.717, 1.165) is 0 Å². The molecule has 0 fully saturated rings. The molecule has 0 spiro atoms. The first-order valence-corrected chi connectivity index (χ1v) is 13.8. The summed E-state index contributed by atoms with van der Waals surface area (Å²) >= 11 is 1.87. The first kappa shape index (κ1) is 21.4. The summed E-state index contributed by atoms with van der Waals surface area (Å²) in [7, 11) is 0. The van der Waals surface area contributed by atoms with Gasteiger partial charge in [-0.3, -0.25) is 0 Å². The van der Waals surface area contributed by atoms with E-state index in [4.69, 9.17) is 0 Å². The first-order chi connectivity index (χ1) is 18.8. The largest absolute Gasteiger partial charge is 0.354 e. The summed E-state index contributed by atoms with van der Waals surface area (Å²) in [4.78, 5) is 3.72. The molecule has 8 rings (SSSR count). The van der Waals surface area contributed by atoms with Crippen LogP contribution in [0.15, 0.2) is 133 Å². The topological polar surface area (TPSA) is 15.8 Å². The number of hydrogen-bond acceptors (Lipinski definition) is 1. The molecular weight excluding hydrogens is 478 g/mol. The number of rotatable bonds is 3. The van der Waals surface area contributed by atoms with Crippen molar-refractivity contribution >= 4 is 53.3 Å². The highest BCUT2D eigenvalue weighted by molar-refractivity contribution is 7.25. The molecule has 0 unspecified atom stereocenters. The molecule has 0 amide bonds. The zero-order valence-electron chi connectivity index (χ0n) is 20.6. The second-order valence-corrected chi connectivity index (χ2v) is 11.0. The number of para-hydroxylation sites is 1. The highest BCUT2D eigenvalue weighted by Crippen LogP contribution is 2.39. The van der Waals surface area contributed by atoms with Gasteiger partial charge in [0.05, 0.1) is 5.52 Å². The van der Waals surface area contributed by atoms with E-state index >= 15 is 0 Å². The number of aromatic nitrogens is 1. The van der Waals surface area contributed by atoms with Gasteiger partial charge in [0.15, 0.2) is 0 Å². The van der Waals surface area contributed by atoms with Crippen molar-refractivity contribution in [3.8, 4) is 33.4 Å². The Hall–Kier alpha value is -4.66. The summed E-state index contributed by atoms with van der Waals surface area (Å²) in [5, 5.41) is 5.19. The molecule has 2 heteroatoms. The van der Waals surface area contributed by atoms with Crippen molar-refractivity contribution in [2.45, 2.75) is 0 Å². The third kappa shape index (κ3) is 3.38. The van der Waals surface area contributed by atoms with Crippen LogP contribution in [0.1, 0.15) is 0 Å². The lowest BCUT2D eigenvalue weighted by molar-refractivity contribution is 1.53.